The van der Waals surface area contributed by atoms with E-state index in [1.807, 2.05) is 37.3 Å². The van der Waals surface area contributed by atoms with Gasteiger partial charge in [-0.1, -0.05) is 59.0 Å². The van der Waals surface area contributed by atoms with Crippen molar-refractivity contribution in [2.45, 2.75) is 17.7 Å². The number of sulfonamides is 1. The van der Waals surface area contributed by atoms with E-state index in [-0.39, 0.29) is 17.4 Å². The first-order valence-corrected chi connectivity index (χ1v) is 8.39. The second-order valence-corrected chi connectivity index (χ2v) is 6.61. The molecule has 0 aliphatic rings. The highest BCUT2D eigenvalue weighted by Gasteiger charge is 2.15. The molecule has 116 valence electrons. The molecule has 0 aliphatic heterocycles. The zero-order valence-electron chi connectivity index (χ0n) is 12.4. The zero-order valence-corrected chi connectivity index (χ0v) is 13.2. The Bertz CT molecular complexity index is 709. The molecule has 0 amide bonds. The molecule has 0 heterocycles. The largest absolute Gasteiger partial charge is 0.286 e. The van der Waals surface area contributed by atoms with Crippen molar-refractivity contribution in [1.82, 2.24) is 4.89 Å². The van der Waals surface area contributed by atoms with E-state index in [1.165, 1.54) is 0 Å². The zero-order chi connectivity index (χ0) is 16.0. The molecule has 1 atom stereocenters. The quantitative estimate of drug-likeness (QED) is 0.630. The fourth-order valence-electron chi connectivity index (χ4n) is 1.97. The van der Waals surface area contributed by atoms with Crippen LogP contribution >= 0.6 is 0 Å². The van der Waals surface area contributed by atoms with Crippen molar-refractivity contribution >= 4 is 10.0 Å². The minimum atomic E-state index is -3.67. The molecule has 2 aromatic rings. The third-order valence-electron chi connectivity index (χ3n) is 3.28. The maximum Gasteiger partial charge on any atom is 0.262 e. The van der Waals surface area contributed by atoms with Crippen molar-refractivity contribution in [3.63, 3.8) is 0 Å². The van der Waals surface area contributed by atoms with Crippen molar-refractivity contribution in [3.8, 4) is 0 Å². The van der Waals surface area contributed by atoms with Crippen LogP contribution in [0.2, 0.25) is 0 Å². The predicted octanol–water partition coefficient (Wildman–Crippen LogP) is 3.17. The first kappa shape index (κ1) is 16.4. The van der Waals surface area contributed by atoms with Crippen LogP contribution in [-0.2, 0) is 14.9 Å². The van der Waals surface area contributed by atoms with Crippen LogP contribution in [0.25, 0.3) is 0 Å². The molecular formula is C17H19NO3S. The first-order chi connectivity index (χ1) is 10.5. The summed E-state index contributed by atoms with van der Waals surface area (Å²) in [6.07, 6.45) is 1.73. The smallest absolute Gasteiger partial charge is 0.262 e. The van der Waals surface area contributed by atoms with E-state index in [4.69, 9.17) is 4.84 Å². The first-order valence-electron chi connectivity index (χ1n) is 6.90. The fraction of sp³-hybridized carbons (Fsp3) is 0.176. The Labute approximate surface area is 131 Å². The standard InChI is InChI=1S/C17H19NO3S/c1-3-15(16-7-5-4-6-8-16)13-21-18-22(19,20)17-11-9-14(2)10-12-17/h3-12,15,18H,1,13H2,2H3/t15-/m0/s1. The van der Waals surface area contributed by atoms with Gasteiger partial charge in [0.1, 0.15) is 0 Å². The SMILES string of the molecule is C=C[C@@H](CONS(=O)(=O)c1ccc(C)cc1)c1ccccc1. The third-order valence-corrected chi connectivity index (χ3v) is 4.51. The van der Waals surface area contributed by atoms with Crippen LogP contribution in [0.3, 0.4) is 0 Å². The van der Waals surface area contributed by atoms with Crippen molar-refractivity contribution < 1.29 is 13.3 Å². The van der Waals surface area contributed by atoms with E-state index in [1.54, 1.807) is 30.3 Å². The van der Waals surface area contributed by atoms with Gasteiger partial charge in [0.15, 0.2) is 0 Å². The van der Waals surface area contributed by atoms with Gasteiger partial charge in [0.25, 0.3) is 10.0 Å². The van der Waals surface area contributed by atoms with Gasteiger partial charge in [-0.3, -0.25) is 4.84 Å². The average molecular weight is 317 g/mol. The highest BCUT2D eigenvalue weighted by Crippen LogP contribution is 2.17. The molecule has 1 N–H and O–H groups in total. The van der Waals surface area contributed by atoms with Gasteiger partial charge in [-0.25, -0.2) is 8.42 Å². The normalized spacial score (nSPS) is 12.8. The maximum atomic E-state index is 12.1. The number of rotatable bonds is 7. The second-order valence-electron chi connectivity index (χ2n) is 4.96. The van der Waals surface area contributed by atoms with E-state index in [2.05, 4.69) is 11.5 Å². The van der Waals surface area contributed by atoms with Crippen LogP contribution in [0, 0.1) is 6.92 Å². The summed E-state index contributed by atoms with van der Waals surface area (Å²) in [6.45, 7) is 5.84. The molecule has 0 unspecified atom stereocenters. The molecular weight excluding hydrogens is 298 g/mol. The van der Waals surface area contributed by atoms with Crippen molar-refractivity contribution in [2.24, 2.45) is 0 Å². The van der Waals surface area contributed by atoms with Crippen molar-refractivity contribution in [2.75, 3.05) is 6.61 Å². The summed E-state index contributed by atoms with van der Waals surface area (Å²) < 4.78 is 24.2. The van der Waals surface area contributed by atoms with Crippen LogP contribution in [0.1, 0.15) is 17.0 Å². The van der Waals surface area contributed by atoms with E-state index in [9.17, 15) is 8.42 Å². The van der Waals surface area contributed by atoms with Gasteiger partial charge in [-0.2, -0.15) is 0 Å². The number of aryl methyl sites for hydroxylation is 1. The Hall–Kier alpha value is -1.95. The molecule has 0 bridgehead atoms. The summed E-state index contributed by atoms with van der Waals surface area (Å²) in [5.74, 6) is -0.0816. The van der Waals surface area contributed by atoms with E-state index >= 15 is 0 Å². The number of hydrogen-bond donors (Lipinski definition) is 1. The number of benzene rings is 2. The van der Waals surface area contributed by atoms with Crippen LogP contribution in [0.4, 0.5) is 0 Å². The second kappa shape index (κ2) is 7.35. The summed E-state index contributed by atoms with van der Waals surface area (Å²) in [5, 5.41) is 0. The molecule has 2 aromatic carbocycles. The van der Waals surface area contributed by atoms with Gasteiger partial charge in [0.05, 0.1) is 11.5 Å². The molecule has 0 aliphatic carbocycles. The minimum Gasteiger partial charge on any atom is -0.286 e. The molecule has 5 heteroatoms. The molecule has 0 fully saturated rings. The van der Waals surface area contributed by atoms with Crippen LogP contribution < -0.4 is 4.89 Å². The number of hydrogen-bond acceptors (Lipinski definition) is 3. The lowest BCUT2D eigenvalue weighted by atomic mass is 10.0. The van der Waals surface area contributed by atoms with Gasteiger partial charge in [-0.15, -0.1) is 6.58 Å². The highest BCUT2D eigenvalue weighted by atomic mass is 32.2. The van der Waals surface area contributed by atoms with E-state index in [0.29, 0.717) is 0 Å². The summed E-state index contributed by atoms with van der Waals surface area (Å²) in [6, 6.07) is 16.2. The molecule has 0 spiro atoms. The topological polar surface area (TPSA) is 55.4 Å². The Morgan fingerprint density at radius 2 is 1.77 bits per heavy atom. The van der Waals surface area contributed by atoms with Gasteiger partial charge >= 0.3 is 0 Å². The predicted molar refractivity (Wildman–Crippen MR) is 86.8 cm³/mol. The minimum absolute atomic E-state index is 0.0816. The highest BCUT2D eigenvalue weighted by molar-refractivity contribution is 7.89. The third kappa shape index (κ3) is 4.27. The van der Waals surface area contributed by atoms with E-state index < -0.39 is 10.0 Å². The average Bonchev–Trinajstić information content (AvgIpc) is 2.53. The molecule has 0 radical (unpaired) electrons. The Balaban J connectivity index is 1.97. The fourth-order valence-corrected chi connectivity index (χ4v) is 2.78. The molecule has 22 heavy (non-hydrogen) atoms. The van der Waals surface area contributed by atoms with Gasteiger partial charge < -0.3 is 0 Å². The van der Waals surface area contributed by atoms with Gasteiger partial charge in [0.2, 0.25) is 0 Å². The van der Waals surface area contributed by atoms with Crippen LogP contribution in [-0.4, -0.2) is 15.0 Å². The molecule has 0 aromatic heterocycles. The van der Waals surface area contributed by atoms with Crippen molar-refractivity contribution in [3.05, 3.63) is 78.4 Å². The number of nitrogens with one attached hydrogen (secondary N) is 1. The molecule has 0 saturated carbocycles. The Kier molecular flexibility index (Phi) is 5.49. The summed E-state index contributed by atoms with van der Waals surface area (Å²) in [4.78, 5) is 7.51. The maximum absolute atomic E-state index is 12.1. The molecule has 2 rings (SSSR count). The van der Waals surface area contributed by atoms with Gasteiger partial charge in [0, 0.05) is 5.92 Å². The summed E-state index contributed by atoms with van der Waals surface area (Å²) in [7, 11) is -3.67. The Morgan fingerprint density at radius 1 is 1.14 bits per heavy atom. The van der Waals surface area contributed by atoms with E-state index in [0.717, 1.165) is 11.1 Å². The lowest BCUT2D eigenvalue weighted by Gasteiger charge is -2.13. The van der Waals surface area contributed by atoms with Gasteiger partial charge in [-0.05, 0) is 24.6 Å². The summed E-state index contributed by atoms with van der Waals surface area (Å²) in [5.41, 5.74) is 2.02. The monoisotopic (exact) mass is 317 g/mol. The lowest BCUT2D eigenvalue weighted by molar-refractivity contribution is 0.0884. The Morgan fingerprint density at radius 3 is 2.36 bits per heavy atom. The summed E-state index contributed by atoms with van der Waals surface area (Å²) >= 11 is 0. The van der Waals surface area contributed by atoms with Crippen molar-refractivity contribution in [1.29, 1.82) is 0 Å². The molecule has 4 nitrogen and oxygen atoms in total. The van der Waals surface area contributed by atoms with Crippen LogP contribution in [0.15, 0.2) is 72.1 Å². The van der Waals surface area contributed by atoms with Crippen LogP contribution in [0.5, 0.6) is 0 Å². The lowest BCUT2D eigenvalue weighted by Crippen LogP contribution is -2.26. The molecule has 0 saturated heterocycles.